The van der Waals surface area contributed by atoms with Gasteiger partial charge in [0, 0.05) is 13.2 Å². The second kappa shape index (κ2) is 3.85. The maximum atomic E-state index is 9.68. The molecular weight excluding hydrogens is 176 g/mol. The molecule has 14 heavy (non-hydrogen) atoms. The molecule has 1 atom stereocenters. The first-order chi connectivity index (χ1) is 6.44. The van der Waals surface area contributed by atoms with Crippen molar-refractivity contribution in [2.24, 2.45) is 7.05 Å². The fourth-order valence-electron chi connectivity index (χ4n) is 1.01. The molecule has 1 unspecified atom stereocenters. The van der Waals surface area contributed by atoms with Crippen LogP contribution in [-0.2, 0) is 7.05 Å². The Labute approximate surface area is 84.8 Å². The average molecular weight is 192 g/mol. The van der Waals surface area contributed by atoms with E-state index >= 15 is 0 Å². The third-order valence-corrected chi connectivity index (χ3v) is 2.17. The second-order valence-corrected chi connectivity index (χ2v) is 3.68. The van der Waals surface area contributed by atoms with Crippen molar-refractivity contribution in [1.29, 1.82) is 0 Å². The number of aryl methyl sites for hydroxylation is 2. The zero-order chi connectivity index (χ0) is 10.8. The van der Waals surface area contributed by atoms with Crippen molar-refractivity contribution in [1.82, 2.24) is 9.78 Å². The fraction of sp³-hybridized carbons (Fsp3) is 0.545. The van der Waals surface area contributed by atoms with Gasteiger partial charge in [0.25, 0.3) is 0 Å². The lowest BCUT2D eigenvalue weighted by atomic mass is 10.0. The number of hydrogen-bond acceptors (Lipinski definition) is 2. The molecule has 76 valence electrons. The Morgan fingerprint density at radius 3 is 2.71 bits per heavy atom. The minimum Gasteiger partial charge on any atom is -0.378 e. The van der Waals surface area contributed by atoms with Crippen LogP contribution in [0.5, 0.6) is 0 Å². The van der Waals surface area contributed by atoms with Gasteiger partial charge in [-0.1, -0.05) is 18.8 Å². The molecule has 0 saturated carbocycles. The SMILES string of the molecule is CCC(C)(O)C#Cc1cn(C)nc1C. The Morgan fingerprint density at radius 2 is 2.29 bits per heavy atom. The predicted molar refractivity (Wildman–Crippen MR) is 55.7 cm³/mol. The Balaban J connectivity index is 2.93. The Morgan fingerprint density at radius 1 is 1.64 bits per heavy atom. The third-order valence-electron chi connectivity index (χ3n) is 2.17. The molecule has 3 heteroatoms. The predicted octanol–water partition coefficient (Wildman–Crippen LogP) is 1.24. The number of aromatic nitrogens is 2. The van der Waals surface area contributed by atoms with Gasteiger partial charge in [-0.25, -0.2) is 0 Å². The Hall–Kier alpha value is -1.27. The molecule has 0 saturated heterocycles. The lowest BCUT2D eigenvalue weighted by Gasteiger charge is -2.11. The molecule has 1 heterocycles. The molecule has 0 aliphatic rings. The highest BCUT2D eigenvalue weighted by molar-refractivity contribution is 5.37. The van der Waals surface area contributed by atoms with Crippen LogP contribution in [-0.4, -0.2) is 20.5 Å². The van der Waals surface area contributed by atoms with Crippen LogP contribution >= 0.6 is 0 Å². The van der Waals surface area contributed by atoms with Crippen LogP contribution in [0.15, 0.2) is 6.20 Å². The van der Waals surface area contributed by atoms with Gasteiger partial charge < -0.3 is 5.11 Å². The zero-order valence-corrected chi connectivity index (χ0v) is 9.13. The molecule has 1 aromatic rings. The van der Waals surface area contributed by atoms with E-state index in [1.54, 1.807) is 11.6 Å². The standard InChI is InChI=1S/C11H16N2O/c1-5-11(3,14)7-6-10-8-13(4)12-9(10)2/h8,14H,5H2,1-4H3. The summed E-state index contributed by atoms with van der Waals surface area (Å²) >= 11 is 0. The average Bonchev–Trinajstić information content (AvgIpc) is 2.42. The highest BCUT2D eigenvalue weighted by atomic mass is 16.3. The highest BCUT2D eigenvalue weighted by Gasteiger charge is 2.12. The van der Waals surface area contributed by atoms with Crippen LogP contribution in [0.3, 0.4) is 0 Å². The lowest BCUT2D eigenvalue weighted by molar-refractivity contribution is 0.118. The normalized spacial score (nSPS) is 14.4. The van der Waals surface area contributed by atoms with Gasteiger partial charge in [-0.3, -0.25) is 4.68 Å². The summed E-state index contributed by atoms with van der Waals surface area (Å²) in [4.78, 5) is 0. The van der Waals surface area contributed by atoms with Gasteiger partial charge in [0.15, 0.2) is 0 Å². The van der Waals surface area contributed by atoms with Gasteiger partial charge in [-0.05, 0) is 20.3 Å². The quantitative estimate of drug-likeness (QED) is 0.680. The number of hydrogen-bond donors (Lipinski definition) is 1. The summed E-state index contributed by atoms with van der Waals surface area (Å²) in [6.07, 6.45) is 2.48. The van der Waals surface area contributed by atoms with Crippen molar-refractivity contribution in [2.75, 3.05) is 0 Å². The Bertz CT molecular complexity index is 380. The summed E-state index contributed by atoms with van der Waals surface area (Å²) in [7, 11) is 1.86. The third kappa shape index (κ3) is 2.61. The topological polar surface area (TPSA) is 38.0 Å². The summed E-state index contributed by atoms with van der Waals surface area (Å²) < 4.78 is 1.72. The van der Waals surface area contributed by atoms with Crippen molar-refractivity contribution in [2.45, 2.75) is 32.8 Å². The summed E-state index contributed by atoms with van der Waals surface area (Å²) in [6.45, 7) is 5.53. The zero-order valence-electron chi connectivity index (χ0n) is 9.13. The Kier molecular flexibility index (Phi) is 2.97. The van der Waals surface area contributed by atoms with Crippen molar-refractivity contribution in [3.63, 3.8) is 0 Å². The van der Waals surface area contributed by atoms with E-state index in [1.165, 1.54) is 0 Å². The van der Waals surface area contributed by atoms with E-state index < -0.39 is 5.60 Å². The maximum Gasteiger partial charge on any atom is 0.122 e. The monoisotopic (exact) mass is 192 g/mol. The molecule has 1 aromatic heterocycles. The molecule has 0 fully saturated rings. The molecule has 0 bridgehead atoms. The molecule has 0 amide bonds. The summed E-state index contributed by atoms with van der Waals surface area (Å²) in [6, 6.07) is 0. The van der Waals surface area contributed by atoms with E-state index in [1.807, 2.05) is 27.1 Å². The molecule has 0 aliphatic carbocycles. The molecule has 1 rings (SSSR count). The van der Waals surface area contributed by atoms with Crippen LogP contribution in [0, 0.1) is 18.8 Å². The van der Waals surface area contributed by atoms with Crippen LogP contribution in [0.1, 0.15) is 31.5 Å². The molecule has 0 aromatic carbocycles. The summed E-state index contributed by atoms with van der Waals surface area (Å²) in [5.74, 6) is 5.77. The summed E-state index contributed by atoms with van der Waals surface area (Å²) in [5, 5.41) is 13.9. The smallest absolute Gasteiger partial charge is 0.122 e. The van der Waals surface area contributed by atoms with Crippen LogP contribution in [0.25, 0.3) is 0 Å². The highest BCUT2D eigenvalue weighted by Crippen LogP contribution is 2.08. The molecule has 0 spiro atoms. The van der Waals surface area contributed by atoms with Gasteiger partial charge in [-0.15, -0.1) is 0 Å². The van der Waals surface area contributed by atoms with E-state index in [2.05, 4.69) is 16.9 Å². The van der Waals surface area contributed by atoms with Crippen LogP contribution in [0.4, 0.5) is 0 Å². The van der Waals surface area contributed by atoms with Gasteiger partial charge in [-0.2, -0.15) is 5.10 Å². The van der Waals surface area contributed by atoms with Gasteiger partial charge in [0.05, 0.1) is 11.3 Å². The van der Waals surface area contributed by atoms with E-state index in [9.17, 15) is 5.11 Å². The first kappa shape index (κ1) is 10.8. The van der Waals surface area contributed by atoms with Gasteiger partial charge >= 0.3 is 0 Å². The minimum atomic E-state index is -0.901. The molecule has 3 nitrogen and oxygen atoms in total. The van der Waals surface area contributed by atoms with Gasteiger partial charge in [0.2, 0.25) is 0 Å². The van der Waals surface area contributed by atoms with Gasteiger partial charge in [0.1, 0.15) is 5.60 Å². The van der Waals surface area contributed by atoms with Crippen molar-refractivity contribution in [3.8, 4) is 11.8 Å². The molecule has 1 N–H and O–H groups in total. The molecule has 0 radical (unpaired) electrons. The molecular formula is C11H16N2O. The first-order valence-corrected chi connectivity index (χ1v) is 4.70. The van der Waals surface area contributed by atoms with E-state index in [-0.39, 0.29) is 0 Å². The lowest BCUT2D eigenvalue weighted by Crippen LogP contribution is -2.19. The van der Waals surface area contributed by atoms with Crippen molar-refractivity contribution < 1.29 is 5.11 Å². The molecule has 0 aliphatic heterocycles. The van der Waals surface area contributed by atoms with Crippen molar-refractivity contribution in [3.05, 3.63) is 17.5 Å². The summed E-state index contributed by atoms with van der Waals surface area (Å²) in [5.41, 5.74) is 0.871. The van der Waals surface area contributed by atoms with Crippen molar-refractivity contribution >= 4 is 0 Å². The van der Waals surface area contributed by atoms with Crippen LogP contribution in [0.2, 0.25) is 0 Å². The largest absolute Gasteiger partial charge is 0.378 e. The maximum absolute atomic E-state index is 9.68. The van der Waals surface area contributed by atoms with E-state index in [0.717, 1.165) is 11.3 Å². The van der Waals surface area contributed by atoms with E-state index in [0.29, 0.717) is 6.42 Å². The fourth-order valence-corrected chi connectivity index (χ4v) is 1.01. The van der Waals surface area contributed by atoms with Crippen LogP contribution < -0.4 is 0 Å². The van der Waals surface area contributed by atoms with E-state index in [4.69, 9.17) is 0 Å². The number of nitrogens with zero attached hydrogens (tertiary/aromatic N) is 2. The second-order valence-electron chi connectivity index (χ2n) is 3.68. The first-order valence-electron chi connectivity index (χ1n) is 4.70. The number of rotatable bonds is 1. The minimum absolute atomic E-state index is 0.624. The number of aliphatic hydroxyl groups is 1.